The number of aromatic nitrogens is 1. The van der Waals surface area contributed by atoms with Gasteiger partial charge in [-0.1, -0.05) is 0 Å². The van der Waals surface area contributed by atoms with Gasteiger partial charge in [-0.25, -0.2) is 9.78 Å². The van der Waals surface area contributed by atoms with E-state index < -0.39 is 11.9 Å². The van der Waals surface area contributed by atoms with E-state index in [1.54, 1.807) is 19.1 Å². The zero-order valence-electron chi connectivity index (χ0n) is 10.7. The third kappa shape index (κ3) is 3.01. The summed E-state index contributed by atoms with van der Waals surface area (Å²) in [5.41, 5.74) is 0.402. The Bertz CT molecular complexity index is 472. The zero-order valence-corrected chi connectivity index (χ0v) is 10.7. The molecule has 0 bridgehead atoms. The third-order valence-electron chi connectivity index (χ3n) is 3.12. The molecule has 1 saturated heterocycles. The van der Waals surface area contributed by atoms with Gasteiger partial charge in [0.05, 0.1) is 18.1 Å². The smallest absolute Gasteiger partial charge is 0.339 e. The van der Waals surface area contributed by atoms with Crippen molar-refractivity contribution >= 4 is 17.8 Å². The molecular weight excluding hydrogens is 248 g/mol. The number of aliphatic carboxylic acids is 1. The number of anilines is 1. The average Bonchev–Trinajstić information content (AvgIpc) is 2.89. The Labute approximate surface area is 111 Å². The van der Waals surface area contributed by atoms with Crippen LogP contribution in [0, 0.1) is 5.92 Å². The summed E-state index contributed by atoms with van der Waals surface area (Å²) in [6.45, 7) is 3.20. The number of ether oxygens (including phenoxy) is 1. The SMILES string of the molecule is CCOC(=O)c1ccc(N2CCC(C(=O)O)C2)nc1. The molecule has 1 unspecified atom stereocenters. The molecule has 1 aromatic heterocycles. The van der Waals surface area contributed by atoms with Gasteiger partial charge in [0, 0.05) is 19.3 Å². The highest BCUT2D eigenvalue weighted by atomic mass is 16.5. The Kier molecular flexibility index (Phi) is 3.99. The third-order valence-corrected chi connectivity index (χ3v) is 3.12. The van der Waals surface area contributed by atoms with Crippen molar-refractivity contribution in [2.24, 2.45) is 5.92 Å². The molecule has 0 saturated carbocycles. The Hall–Kier alpha value is -2.11. The summed E-state index contributed by atoms with van der Waals surface area (Å²) < 4.78 is 4.87. The van der Waals surface area contributed by atoms with Gasteiger partial charge in [-0.05, 0) is 25.5 Å². The van der Waals surface area contributed by atoms with E-state index in [1.807, 2.05) is 4.90 Å². The molecule has 6 heteroatoms. The molecule has 0 aromatic carbocycles. The molecule has 1 aliphatic heterocycles. The van der Waals surface area contributed by atoms with Gasteiger partial charge in [0.15, 0.2) is 0 Å². The van der Waals surface area contributed by atoms with E-state index in [-0.39, 0.29) is 5.92 Å². The Morgan fingerprint density at radius 1 is 1.53 bits per heavy atom. The highest BCUT2D eigenvalue weighted by Crippen LogP contribution is 2.22. The maximum absolute atomic E-state index is 11.5. The molecule has 1 aliphatic rings. The fraction of sp³-hybridized carbons (Fsp3) is 0.462. The van der Waals surface area contributed by atoms with Gasteiger partial charge in [0.1, 0.15) is 5.82 Å². The van der Waals surface area contributed by atoms with Crippen LogP contribution in [-0.2, 0) is 9.53 Å². The average molecular weight is 264 g/mol. The molecule has 0 aliphatic carbocycles. The lowest BCUT2D eigenvalue weighted by molar-refractivity contribution is -0.140. The maximum atomic E-state index is 11.5. The number of esters is 1. The number of rotatable bonds is 4. The second kappa shape index (κ2) is 5.69. The predicted molar refractivity (Wildman–Crippen MR) is 68.1 cm³/mol. The Morgan fingerprint density at radius 2 is 2.32 bits per heavy atom. The quantitative estimate of drug-likeness (QED) is 0.822. The zero-order chi connectivity index (χ0) is 13.8. The van der Waals surface area contributed by atoms with Crippen molar-refractivity contribution in [2.75, 3.05) is 24.6 Å². The molecule has 19 heavy (non-hydrogen) atoms. The molecule has 2 rings (SSSR count). The second-order valence-electron chi connectivity index (χ2n) is 4.40. The molecule has 0 radical (unpaired) electrons. The number of carbonyl (C=O) groups excluding carboxylic acids is 1. The molecule has 0 amide bonds. The number of carboxylic acids is 1. The highest BCUT2D eigenvalue weighted by Gasteiger charge is 2.28. The molecule has 1 fully saturated rings. The van der Waals surface area contributed by atoms with Crippen LogP contribution in [-0.4, -0.2) is 41.7 Å². The summed E-state index contributed by atoms with van der Waals surface area (Å²) in [6.07, 6.45) is 2.08. The topological polar surface area (TPSA) is 79.7 Å². The minimum absolute atomic E-state index is 0.326. The van der Waals surface area contributed by atoms with Gasteiger partial charge < -0.3 is 14.7 Å². The maximum Gasteiger partial charge on any atom is 0.339 e. The van der Waals surface area contributed by atoms with E-state index in [2.05, 4.69) is 4.98 Å². The first kappa shape index (κ1) is 13.3. The highest BCUT2D eigenvalue weighted by molar-refractivity contribution is 5.89. The first-order chi connectivity index (χ1) is 9.11. The molecule has 6 nitrogen and oxygen atoms in total. The Balaban J connectivity index is 2.03. The van der Waals surface area contributed by atoms with Crippen molar-refractivity contribution in [3.8, 4) is 0 Å². The first-order valence-electron chi connectivity index (χ1n) is 6.22. The minimum atomic E-state index is -0.773. The summed E-state index contributed by atoms with van der Waals surface area (Å²) in [4.78, 5) is 28.5. The van der Waals surface area contributed by atoms with E-state index in [9.17, 15) is 9.59 Å². The van der Waals surface area contributed by atoms with Crippen molar-refractivity contribution in [2.45, 2.75) is 13.3 Å². The van der Waals surface area contributed by atoms with Crippen molar-refractivity contribution < 1.29 is 19.4 Å². The van der Waals surface area contributed by atoms with E-state index in [0.717, 1.165) is 0 Å². The molecule has 2 heterocycles. The van der Waals surface area contributed by atoms with Crippen molar-refractivity contribution in [1.82, 2.24) is 4.98 Å². The van der Waals surface area contributed by atoms with Crippen molar-refractivity contribution in [1.29, 1.82) is 0 Å². The molecule has 1 atom stereocenters. The van der Waals surface area contributed by atoms with Gasteiger partial charge in [-0.2, -0.15) is 0 Å². The van der Waals surface area contributed by atoms with E-state index in [0.29, 0.717) is 37.5 Å². The number of hydrogen-bond donors (Lipinski definition) is 1. The fourth-order valence-corrected chi connectivity index (χ4v) is 2.08. The van der Waals surface area contributed by atoms with Crippen LogP contribution in [0.3, 0.4) is 0 Å². The van der Waals surface area contributed by atoms with Crippen LogP contribution in [0.5, 0.6) is 0 Å². The van der Waals surface area contributed by atoms with Crippen LogP contribution < -0.4 is 4.90 Å². The summed E-state index contributed by atoms with van der Waals surface area (Å²) in [5, 5.41) is 8.95. The fourth-order valence-electron chi connectivity index (χ4n) is 2.08. The minimum Gasteiger partial charge on any atom is -0.481 e. The van der Waals surface area contributed by atoms with Gasteiger partial charge in [0.25, 0.3) is 0 Å². The molecule has 1 aromatic rings. The number of hydrogen-bond acceptors (Lipinski definition) is 5. The second-order valence-corrected chi connectivity index (χ2v) is 4.40. The standard InChI is InChI=1S/C13H16N2O4/c1-2-19-13(18)9-3-4-11(14-7-9)15-6-5-10(8-15)12(16)17/h3-4,7,10H,2,5-6,8H2,1H3,(H,16,17). The normalized spacial score (nSPS) is 18.4. The molecule has 102 valence electrons. The lowest BCUT2D eigenvalue weighted by atomic mass is 10.1. The number of nitrogens with zero attached hydrogens (tertiary/aromatic N) is 2. The van der Waals surface area contributed by atoms with Crippen LogP contribution in [0.2, 0.25) is 0 Å². The number of carbonyl (C=O) groups is 2. The predicted octanol–water partition coefficient (Wildman–Crippen LogP) is 1.17. The number of pyridine rings is 1. The lowest BCUT2D eigenvalue weighted by Crippen LogP contribution is -2.23. The largest absolute Gasteiger partial charge is 0.481 e. The molecular formula is C13H16N2O4. The van der Waals surface area contributed by atoms with Crippen LogP contribution in [0.1, 0.15) is 23.7 Å². The Morgan fingerprint density at radius 3 is 2.84 bits per heavy atom. The van der Waals surface area contributed by atoms with Gasteiger partial charge >= 0.3 is 11.9 Å². The van der Waals surface area contributed by atoms with Gasteiger partial charge in [-0.15, -0.1) is 0 Å². The van der Waals surface area contributed by atoms with Crippen LogP contribution in [0.15, 0.2) is 18.3 Å². The molecule has 1 N–H and O–H groups in total. The van der Waals surface area contributed by atoms with Crippen LogP contribution >= 0.6 is 0 Å². The summed E-state index contributed by atoms with van der Waals surface area (Å²) in [6, 6.07) is 3.37. The van der Waals surface area contributed by atoms with Gasteiger partial charge in [0.2, 0.25) is 0 Å². The van der Waals surface area contributed by atoms with Crippen LogP contribution in [0.4, 0.5) is 5.82 Å². The van der Waals surface area contributed by atoms with Crippen molar-refractivity contribution in [3.63, 3.8) is 0 Å². The summed E-state index contributed by atoms with van der Waals surface area (Å²) >= 11 is 0. The van der Waals surface area contributed by atoms with Gasteiger partial charge in [-0.3, -0.25) is 4.79 Å². The van der Waals surface area contributed by atoms with E-state index in [4.69, 9.17) is 9.84 Å². The monoisotopic (exact) mass is 264 g/mol. The number of carboxylic acid groups (broad SMARTS) is 1. The molecule has 0 spiro atoms. The van der Waals surface area contributed by atoms with Crippen molar-refractivity contribution in [3.05, 3.63) is 23.9 Å². The lowest BCUT2D eigenvalue weighted by Gasteiger charge is -2.16. The van der Waals surface area contributed by atoms with E-state index in [1.165, 1.54) is 6.20 Å². The summed E-state index contributed by atoms with van der Waals surface area (Å²) in [7, 11) is 0. The van der Waals surface area contributed by atoms with Crippen LogP contribution in [0.25, 0.3) is 0 Å². The summed E-state index contributed by atoms with van der Waals surface area (Å²) in [5.74, 6) is -0.819. The van der Waals surface area contributed by atoms with E-state index >= 15 is 0 Å². The first-order valence-corrected chi connectivity index (χ1v) is 6.22.